The second kappa shape index (κ2) is 8.87. The Morgan fingerprint density at radius 1 is 0.949 bits per heavy atom. The minimum absolute atomic E-state index is 0.00310. The first-order chi connectivity index (χ1) is 19.2. The molecule has 3 aliphatic carbocycles. The van der Waals surface area contributed by atoms with E-state index in [1.165, 1.54) is 21.6 Å². The van der Waals surface area contributed by atoms with Gasteiger partial charge in [-0.3, -0.25) is 10.1 Å². The number of thioether (sulfide) groups is 2. The number of nitrogens with one attached hydrogen (secondary N) is 1. The van der Waals surface area contributed by atoms with E-state index in [9.17, 15) is 0 Å². The van der Waals surface area contributed by atoms with E-state index in [2.05, 4.69) is 131 Å². The number of aromatic amines is 1. The molecule has 192 valence electrons. The molecular formula is C34H29N3S2. The van der Waals surface area contributed by atoms with Crippen LogP contribution in [0.5, 0.6) is 0 Å². The maximum Gasteiger partial charge on any atom is 0.0921 e. The van der Waals surface area contributed by atoms with Crippen molar-refractivity contribution in [1.29, 1.82) is 0 Å². The number of pyridine rings is 1. The zero-order chi connectivity index (χ0) is 26.0. The fourth-order valence-electron chi connectivity index (χ4n) is 7.47. The molecule has 1 aromatic carbocycles. The Morgan fingerprint density at radius 3 is 2.74 bits per heavy atom. The van der Waals surface area contributed by atoms with Gasteiger partial charge in [0.2, 0.25) is 0 Å². The molecule has 2 aromatic heterocycles. The highest BCUT2D eigenvalue weighted by Gasteiger charge is 2.62. The molecule has 4 heterocycles. The fourth-order valence-corrected chi connectivity index (χ4v) is 10.7. The first kappa shape index (κ1) is 23.6. The number of rotatable bonds is 2. The van der Waals surface area contributed by atoms with E-state index in [0.29, 0.717) is 22.3 Å². The maximum atomic E-state index is 4.69. The summed E-state index contributed by atoms with van der Waals surface area (Å²) in [5.41, 5.74) is 7.35. The number of nitrogens with zero attached hydrogens (tertiary/aromatic N) is 2. The Hall–Kier alpha value is -3.28. The summed E-state index contributed by atoms with van der Waals surface area (Å²) in [6, 6.07) is 15.4. The lowest BCUT2D eigenvalue weighted by Crippen LogP contribution is -2.59. The van der Waals surface area contributed by atoms with Crippen LogP contribution in [0.15, 0.2) is 126 Å². The predicted octanol–water partition coefficient (Wildman–Crippen LogP) is 7.96. The van der Waals surface area contributed by atoms with E-state index in [1.54, 1.807) is 5.57 Å². The van der Waals surface area contributed by atoms with E-state index in [0.717, 1.165) is 17.8 Å². The maximum absolute atomic E-state index is 4.69. The molecule has 0 saturated carbocycles. The van der Waals surface area contributed by atoms with E-state index in [4.69, 9.17) is 0 Å². The minimum Gasteiger partial charge on any atom is -0.285 e. The van der Waals surface area contributed by atoms with Crippen LogP contribution in [-0.2, 0) is 5.41 Å². The molecule has 1 fully saturated rings. The number of aromatic nitrogens is 3. The van der Waals surface area contributed by atoms with E-state index < -0.39 is 0 Å². The molecule has 1 spiro atoms. The highest BCUT2D eigenvalue weighted by atomic mass is 32.2. The fraction of sp³-hybridized carbons (Fsp3) is 0.235. The van der Waals surface area contributed by atoms with Crippen LogP contribution in [0.4, 0.5) is 0 Å². The number of benzene rings is 1. The molecule has 0 amide bonds. The van der Waals surface area contributed by atoms with Crippen LogP contribution >= 0.6 is 23.5 Å². The second-order valence-electron chi connectivity index (χ2n) is 11.2. The summed E-state index contributed by atoms with van der Waals surface area (Å²) in [6.07, 6.45) is 28.8. The Labute approximate surface area is 238 Å². The lowest BCUT2D eigenvalue weighted by Gasteiger charge is -2.61. The summed E-state index contributed by atoms with van der Waals surface area (Å²) in [5, 5.41) is 8.25. The van der Waals surface area contributed by atoms with Gasteiger partial charge in [-0.2, -0.15) is 5.10 Å². The van der Waals surface area contributed by atoms with Gasteiger partial charge in [0, 0.05) is 55.4 Å². The van der Waals surface area contributed by atoms with Crippen molar-refractivity contribution in [1.82, 2.24) is 15.2 Å². The van der Waals surface area contributed by atoms with Gasteiger partial charge in [0.05, 0.1) is 11.4 Å². The summed E-state index contributed by atoms with van der Waals surface area (Å²) in [6.45, 7) is 2.47. The van der Waals surface area contributed by atoms with Crippen molar-refractivity contribution in [2.24, 2.45) is 11.8 Å². The first-order valence-electron chi connectivity index (χ1n) is 13.7. The van der Waals surface area contributed by atoms with Crippen molar-refractivity contribution < 1.29 is 0 Å². The van der Waals surface area contributed by atoms with Gasteiger partial charge in [-0.15, -0.1) is 23.5 Å². The topological polar surface area (TPSA) is 41.6 Å². The second-order valence-corrected chi connectivity index (χ2v) is 14.1. The van der Waals surface area contributed by atoms with Gasteiger partial charge in [0.1, 0.15) is 0 Å². The van der Waals surface area contributed by atoms with Crippen molar-refractivity contribution in [3.63, 3.8) is 0 Å². The third-order valence-corrected chi connectivity index (χ3v) is 12.0. The smallest absolute Gasteiger partial charge is 0.0921 e. The number of hydrogen-bond acceptors (Lipinski definition) is 4. The summed E-state index contributed by atoms with van der Waals surface area (Å²) in [7, 11) is 0. The molecule has 2 aliphatic heterocycles. The summed E-state index contributed by atoms with van der Waals surface area (Å²) in [5.74, 6) is 0.705. The largest absolute Gasteiger partial charge is 0.285 e. The third kappa shape index (κ3) is 3.46. The van der Waals surface area contributed by atoms with Gasteiger partial charge in [-0.25, -0.2) is 0 Å². The van der Waals surface area contributed by atoms with Crippen molar-refractivity contribution in [3.8, 4) is 11.3 Å². The van der Waals surface area contributed by atoms with Crippen molar-refractivity contribution >= 4 is 29.1 Å². The van der Waals surface area contributed by atoms with Crippen LogP contribution in [0.25, 0.3) is 16.8 Å². The zero-order valence-electron chi connectivity index (χ0n) is 21.7. The SMILES string of the molecule is CC12CC=CC=C1C1(c3ccc(-c4cc[nH]n4)cc3S2)C2C=CC=CC2SC2C=C(c3ccccn3)C=CC21. The van der Waals surface area contributed by atoms with E-state index in [1.807, 2.05) is 30.2 Å². The number of allylic oxidation sites excluding steroid dienone is 9. The van der Waals surface area contributed by atoms with Gasteiger partial charge in [-0.1, -0.05) is 79.0 Å². The number of H-pyrrole nitrogens is 1. The Morgan fingerprint density at radius 2 is 1.87 bits per heavy atom. The van der Waals surface area contributed by atoms with Gasteiger partial charge >= 0.3 is 0 Å². The zero-order valence-corrected chi connectivity index (χ0v) is 23.3. The molecule has 1 N–H and O–H groups in total. The van der Waals surface area contributed by atoms with E-state index in [-0.39, 0.29) is 10.2 Å². The molecule has 0 radical (unpaired) electrons. The summed E-state index contributed by atoms with van der Waals surface area (Å²) in [4.78, 5) is 6.08. The molecule has 3 aromatic rings. The quantitative estimate of drug-likeness (QED) is 0.356. The summed E-state index contributed by atoms with van der Waals surface area (Å²) >= 11 is 4.16. The molecule has 6 atom stereocenters. The summed E-state index contributed by atoms with van der Waals surface area (Å²) < 4.78 is -0.00310. The molecule has 8 rings (SSSR count). The van der Waals surface area contributed by atoms with Crippen LogP contribution in [0.2, 0.25) is 0 Å². The first-order valence-corrected chi connectivity index (χ1v) is 15.5. The molecule has 0 bridgehead atoms. The Balaban J connectivity index is 1.37. The Kier molecular flexibility index (Phi) is 5.37. The average molecular weight is 544 g/mol. The predicted molar refractivity (Wildman–Crippen MR) is 164 cm³/mol. The van der Waals surface area contributed by atoms with Crippen LogP contribution in [0.1, 0.15) is 24.6 Å². The lowest BCUT2D eigenvalue weighted by molar-refractivity contribution is 0.254. The highest BCUT2D eigenvalue weighted by Crippen LogP contribution is 2.68. The van der Waals surface area contributed by atoms with Crippen molar-refractivity contribution in [2.45, 2.75) is 38.9 Å². The molecule has 5 heteroatoms. The molecule has 6 unspecified atom stereocenters. The monoisotopic (exact) mass is 543 g/mol. The molecule has 39 heavy (non-hydrogen) atoms. The van der Waals surface area contributed by atoms with Crippen LogP contribution < -0.4 is 0 Å². The van der Waals surface area contributed by atoms with Gasteiger partial charge in [0.25, 0.3) is 0 Å². The van der Waals surface area contributed by atoms with E-state index >= 15 is 0 Å². The van der Waals surface area contributed by atoms with Gasteiger partial charge < -0.3 is 0 Å². The third-order valence-electron chi connectivity index (χ3n) is 9.07. The molecule has 1 saturated heterocycles. The number of hydrogen-bond donors (Lipinski definition) is 1. The average Bonchev–Trinajstić information content (AvgIpc) is 3.52. The highest BCUT2D eigenvalue weighted by molar-refractivity contribution is 8.01. The minimum atomic E-state index is -0.144. The Bertz CT molecular complexity index is 1630. The van der Waals surface area contributed by atoms with Crippen LogP contribution in [-0.4, -0.2) is 30.4 Å². The van der Waals surface area contributed by atoms with Crippen molar-refractivity contribution in [3.05, 3.63) is 132 Å². The van der Waals surface area contributed by atoms with Gasteiger partial charge in [-0.05, 0) is 54.3 Å². The molecule has 5 aliphatic rings. The van der Waals surface area contributed by atoms with Gasteiger partial charge in [0.15, 0.2) is 0 Å². The lowest BCUT2D eigenvalue weighted by atomic mass is 9.52. The molecular weight excluding hydrogens is 515 g/mol. The normalized spacial score (nSPS) is 33.6. The molecule has 3 nitrogen and oxygen atoms in total. The number of fused-ring (bicyclic) bond motifs is 8. The van der Waals surface area contributed by atoms with Crippen LogP contribution in [0, 0.1) is 11.8 Å². The standard InChI is InChI=1S/C34H29N3S2/c1-33-17-6-4-11-32(33)34(26-15-13-23(21-31(26)39-33)28-16-19-36-37-28)24-8-2-3-10-29(24)38-30-20-22(12-14-25(30)34)27-9-5-7-18-35-27/h2-16,18-21,24-25,29-30H,17H2,1H3,(H,36,37). The van der Waals surface area contributed by atoms with Crippen LogP contribution in [0.3, 0.4) is 0 Å². The van der Waals surface area contributed by atoms with Crippen molar-refractivity contribution in [2.75, 3.05) is 0 Å².